The van der Waals surface area contributed by atoms with E-state index < -0.39 is 52.1 Å². The van der Waals surface area contributed by atoms with Gasteiger partial charge < -0.3 is 47.4 Å². The smallest absolute Gasteiger partial charge is 0.396 e. The van der Waals surface area contributed by atoms with E-state index in [0.717, 1.165) is 91.0 Å². The number of aromatic nitrogens is 12. The maximum atomic E-state index is 13.4. The lowest BCUT2D eigenvalue weighted by Gasteiger charge is -2.57. The van der Waals surface area contributed by atoms with Gasteiger partial charge in [0.15, 0.2) is 0 Å². The van der Waals surface area contributed by atoms with Crippen LogP contribution in [0, 0.1) is 79.8 Å². The van der Waals surface area contributed by atoms with Crippen molar-refractivity contribution in [3.8, 4) is 18.2 Å². The number of amides is 1. The first kappa shape index (κ1) is 87.9. The molecule has 0 radical (unpaired) electrons. The third-order valence-corrected chi connectivity index (χ3v) is 23.4. The summed E-state index contributed by atoms with van der Waals surface area (Å²) >= 11 is 0. The minimum atomic E-state index is -4.71. The van der Waals surface area contributed by atoms with Gasteiger partial charge in [0.1, 0.15) is 53.6 Å². The molecule has 2 aromatic carbocycles. The van der Waals surface area contributed by atoms with Crippen molar-refractivity contribution in [3.63, 3.8) is 0 Å². The first-order chi connectivity index (χ1) is 54.4. The Morgan fingerprint density at radius 2 is 0.948 bits per heavy atom. The number of aliphatic hydroxyl groups excluding tert-OH is 1. The van der Waals surface area contributed by atoms with E-state index in [0.29, 0.717) is 84.6 Å². The molecule has 115 heavy (non-hydrogen) atoms. The molecule has 6 atom stereocenters. The van der Waals surface area contributed by atoms with Crippen molar-refractivity contribution >= 4 is 41.3 Å². The maximum absolute atomic E-state index is 13.4. The minimum absolute atomic E-state index is 0.0187. The molecule has 6 heterocycles. The highest BCUT2D eigenvalue weighted by molar-refractivity contribution is 5.78. The highest BCUT2D eigenvalue weighted by atomic mass is 19.4. The SMILES string of the molecule is CC1(C)[C@H](CO)C[C@H]1Nc1nc(NCc2ccccc2C(F)(F)F)ncc1C(F)(F)F.CCc1ncncc1CNc1ncc(C#N)c(CC2CC(C)(O)C2(C)C)n1.CCc1ncncc1CNc1ncc(C#N)c(C[C@@H]2C[C@H](C)C2(C)C)n1.CNC(=O)C1CCC(Nc2nc(NCc3ccccc3C(F)(F)F)ncc2C#N)CC1. The van der Waals surface area contributed by atoms with Crippen molar-refractivity contribution < 1.29 is 54.5 Å². The second-order valence-electron chi connectivity index (χ2n) is 31.2. The van der Waals surface area contributed by atoms with E-state index in [1.165, 1.54) is 49.0 Å². The van der Waals surface area contributed by atoms with E-state index in [9.17, 15) is 70.3 Å². The number of aliphatic hydroxyl groups is 2. The Labute approximate surface area is 662 Å². The Morgan fingerprint density at radius 3 is 1.36 bits per heavy atom. The Kier molecular flexibility index (Phi) is 28.7. The highest BCUT2D eigenvalue weighted by Gasteiger charge is 2.56. The number of carbonyl (C=O) groups is 1. The maximum Gasteiger partial charge on any atom is 0.421 e. The number of hydrogen-bond acceptors (Lipinski definition) is 24. The number of nitrogens with one attached hydrogen (secondary N) is 7. The van der Waals surface area contributed by atoms with Gasteiger partial charge in [-0.25, -0.2) is 49.8 Å². The molecule has 4 aliphatic carbocycles. The number of hydrogen-bond donors (Lipinski definition) is 9. The molecule has 0 aliphatic heterocycles. The third-order valence-electron chi connectivity index (χ3n) is 23.4. The standard InChI is InChI=1S/C21H23F3N6O.C20H22F6N4O.C20H26N6O.C20H26N6/c1-26-19(31)13-6-8-16(9-7-13)29-18-15(10-25)12-28-20(30-18)27-11-14-4-2-3-5-17(14)21(22,23)24;1-18(2)12(10-31)7-15(18)29-16-14(20(24,25)26)9-28-17(30-16)27-8-11-5-3-4-6-13(11)19(21,22)23;1-5-16-14(9-22-12-25-16)11-24-18-23-10-13(8-21)17(26-18)6-15-7-20(4,27)19(15,2)3;1-5-17-15(9-22-12-25-17)11-24-19-23-10-14(8-21)18(26-19)7-16-6-13(2)20(16,3)4/h2-5,12-13,16H,6-9,11H2,1H3,(H,26,31)(H2,27,28,29,30);3-6,9,12,15,31H,7-8,10H2,1-2H3,(H2,27,28,29,30);9-10,12,15,27H,5-7,11H2,1-4H3,(H,23,24,26);9-10,12-13,16H,5-7,11H2,1-4H3,(H,23,24,26)/t;12-,15+;;13-,16-/m.0.0/s1. The summed E-state index contributed by atoms with van der Waals surface area (Å²) in [6, 6.07) is 16.3. The van der Waals surface area contributed by atoms with Crippen LogP contribution in [0.5, 0.6) is 0 Å². The zero-order chi connectivity index (χ0) is 83.8. The Morgan fingerprint density at radius 1 is 0.513 bits per heavy atom. The molecule has 4 saturated carbocycles. The van der Waals surface area contributed by atoms with Crippen LogP contribution in [-0.2, 0) is 75.2 Å². The molecule has 6 aromatic heterocycles. The quantitative estimate of drug-likeness (QED) is 0.0254. The number of nitriles is 3. The Bertz CT molecular complexity index is 4780. The number of alkyl halides is 9. The van der Waals surface area contributed by atoms with E-state index in [1.807, 2.05) is 33.0 Å². The van der Waals surface area contributed by atoms with Gasteiger partial charge in [0.25, 0.3) is 0 Å². The van der Waals surface area contributed by atoms with Crippen molar-refractivity contribution in [2.45, 2.75) is 202 Å². The van der Waals surface area contributed by atoms with Gasteiger partial charge in [-0.15, -0.1) is 0 Å². The normalized spacial score (nSPS) is 20.8. The molecule has 4 aliphatic rings. The predicted octanol–water partition coefficient (Wildman–Crippen LogP) is 14.8. The summed E-state index contributed by atoms with van der Waals surface area (Å²) in [4.78, 5) is 62.2. The van der Waals surface area contributed by atoms with E-state index in [-0.39, 0.29) is 89.4 Å². The lowest BCUT2D eigenvalue weighted by molar-refractivity contribution is -0.181. The van der Waals surface area contributed by atoms with Crippen molar-refractivity contribution in [2.75, 3.05) is 45.6 Å². The number of halogens is 9. The van der Waals surface area contributed by atoms with Crippen molar-refractivity contribution in [1.29, 1.82) is 15.8 Å². The molecule has 2 unspecified atom stereocenters. The second-order valence-corrected chi connectivity index (χ2v) is 31.2. The third kappa shape index (κ3) is 21.9. The zero-order valence-electron chi connectivity index (χ0n) is 66.0. The number of rotatable bonds is 24. The van der Waals surface area contributed by atoms with Gasteiger partial charge in [-0.1, -0.05) is 98.7 Å². The number of benzene rings is 2. The largest absolute Gasteiger partial charge is 0.421 e. The number of carbonyl (C=O) groups excluding carboxylic acids is 1. The van der Waals surface area contributed by atoms with Crippen molar-refractivity contribution in [2.24, 2.45) is 45.8 Å². The average molecular weight is 1600 g/mol. The Hall–Kier alpha value is -11.1. The summed E-state index contributed by atoms with van der Waals surface area (Å²) in [5.74, 6) is 2.29. The van der Waals surface area contributed by atoms with Crippen LogP contribution >= 0.6 is 0 Å². The molecule has 4 fully saturated rings. The van der Waals surface area contributed by atoms with Gasteiger partial charge in [-0.3, -0.25) is 4.79 Å². The fourth-order valence-corrected chi connectivity index (χ4v) is 14.6. The molecule has 0 spiro atoms. The summed E-state index contributed by atoms with van der Waals surface area (Å²) in [6.45, 7) is 21.3. The number of aryl methyl sites for hydroxylation is 2. The van der Waals surface area contributed by atoms with Gasteiger partial charge in [0.05, 0.1) is 57.8 Å². The van der Waals surface area contributed by atoms with Gasteiger partial charge in [-0.2, -0.15) is 65.3 Å². The van der Waals surface area contributed by atoms with Crippen molar-refractivity contribution in [1.82, 2.24) is 65.1 Å². The molecule has 9 N–H and O–H groups in total. The van der Waals surface area contributed by atoms with Crippen LogP contribution in [0.25, 0.3) is 0 Å². The number of nitrogens with zero attached hydrogens (tertiary/aromatic N) is 15. The Balaban J connectivity index is 0.000000176. The van der Waals surface area contributed by atoms with Crippen LogP contribution in [0.1, 0.15) is 193 Å². The van der Waals surface area contributed by atoms with Crippen LogP contribution in [0.3, 0.4) is 0 Å². The molecule has 0 bridgehead atoms. The van der Waals surface area contributed by atoms with Crippen LogP contribution < -0.4 is 37.2 Å². The minimum Gasteiger partial charge on any atom is -0.396 e. The summed E-state index contributed by atoms with van der Waals surface area (Å²) in [5, 5.41) is 68.5. The molecule has 34 heteroatoms. The molecular formula is C81H97F9N22O3. The monoisotopic (exact) mass is 1600 g/mol. The van der Waals surface area contributed by atoms with Crippen LogP contribution in [-0.4, -0.2) is 107 Å². The molecule has 25 nitrogen and oxygen atoms in total. The molecule has 612 valence electrons. The van der Waals surface area contributed by atoms with E-state index in [1.54, 1.807) is 38.3 Å². The molecule has 1 amide bonds. The van der Waals surface area contributed by atoms with Gasteiger partial charge >= 0.3 is 18.5 Å². The summed E-state index contributed by atoms with van der Waals surface area (Å²) in [7, 11) is 1.62. The molecule has 8 aromatic rings. The summed E-state index contributed by atoms with van der Waals surface area (Å²) in [5.41, 5.74) is 3.22. The first-order valence-corrected chi connectivity index (χ1v) is 38.0. The predicted molar refractivity (Wildman–Crippen MR) is 413 cm³/mol. The van der Waals surface area contributed by atoms with E-state index in [2.05, 4.69) is 158 Å². The van der Waals surface area contributed by atoms with Crippen molar-refractivity contribution in [3.05, 3.63) is 177 Å². The van der Waals surface area contributed by atoms with Crippen LogP contribution in [0.4, 0.5) is 74.9 Å². The van der Waals surface area contributed by atoms with Crippen LogP contribution in [0.2, 0.25) is 0 Å². The summed E-state index contributed by atoms with van der Waals surface area (Å²) in [6.07, 6.45) is 6.59. The fourth-order valence-electron chi connectivity index (χ4n) is 14.6. The lowest BCUT2D eigenvalue weighted by atomic mass is 9.51. The second kappa shape index (κ2) is 37.5. The summed E-state index contributed by atoms with van der Waals surface area (Å²) < 4.78 is 119. The molecular weight excluding hydrogens is 1500 g/mol. The van der Waals surface area contributed by atoms with Gasteiger partial charge in [0.2, 0.25) is 29.7 Å². The van der Waals surface area contributed by atoms with Crippen LogP contribution in [0.15, 0.2) is 98.4 Å². The van der Waals surface area contributed by atoms with E-state index >= 15 is 0 Å². The van der Waals surface area contributed by atoms with E-state index in [4.69, 9.17) is 0 Å². The number of anilines is 6. The lowest BCUT2D eigenvalue weighted by Crippen LogP contribution is -2.59. The average Bonchev–Trinajstić information content (AvgIpc) is 0.725. The molecule has 0 saturated heterocycles. The first-order valence-electron chi connectivity index (χ1n) is 38.0. The topological polar surface area (TPSA) is 368 Å². The van der Waals surface area contributed by atoms with Gasteiger partial charge in [-0.05, 0) is 141 Å². The van der Waals surface area contributed by atoms with Gasteiger partial charge in [0, 0.05) is 98.9 Å². The zero-order valence-corrected chi connectivity index (χ0v) is 66.0. The molecule has 12 rings (SSSR count). The highest BCUT2D eigenvalue weighted by Crippen LogP contribution is 2.56. The fraction of sp³-hybridized carbons (Fsp3) is 0.506.